The zero-order valence-corrected chi connectivity index (χ0v) is 18.2. The third-order valence-electron chi connectivity index (χ3n) is 4.90. The molecule has 1 saturated heterocycles. The molecule has 2 aromatic rings. The summed E-state index contributed by atoms with van der Waals surface area (Å²) in [5.74, 6) is 1.49. The smallest absolute Gasteiger partial charge is 0.257 e. The van der Waals surface area contributed by atoms with Crippen LogP contribution < -0.4 is 14.2 Å². The highest BCUT2D eigenvalue weighted by molar-refractivity contribution is 9.10. The number of rotatable bonds is 5. The van der Waals surface area contributed by atoms with Gasteiger partial charge in [0.05, 0.1) is 32.5 Å². The molecule has 0 radical (unpaired) electrons. The summed E-state index contributed by atoms with van der Waals surface area (Å²) in [5.41, 5.74) is 1.02. The molecule has 1 aliphatic rings. The van der Waals surface area contributed by atoms with Crippen molar-refractivity contribution in [1.82, 2.24) is 9.80 Å². The lowest BCUT2D eigenvalue weighted by Gasteiger charge is -2.35. The number of piperazine rings is 1. The summed E-state index contributed by atoms with van der Waals surface area (Å²) in [5, 5.41) is 0. The lowest BCUT2D eigenvalue weighted by atomic mass is 10.1. The maximum atomic E-state index is 12.9. The van der Waals surface area contributed by atoms with Crippen molar-refractivity contribution in [2.24, 2.45) is 0 Å². The summed E-state index contributed by atoms with van der Waals surface area (Å²) in [6.07, 6.45) is 0. The van der Waals surface area contributed by atoms with E-state index in [1.807, 2.05) is 0 Å². The molecule has 0 unspecified atom stereocenters. The van der Waals surface area contributed by atoms with E-state index < -0.39 is 0 Å². The normalized spacial score (nSPS) is 13.8. The molecule has 0 N–H and O–H groups in total. The van der Waals surface area contributed by atoms with Crippen molar-refractivity contribution < 1.29 is 23.8 Å². The summed E-state index contributed by atoms with van der Waals surface area (Å²) in [6, 6.07) is 10.4. The molecule has 1 fully saturated rings. The topological polar surface area (TPSA) is 68.3 Å². The highest BCUT2D eigenvalue weighted by atomic mass is 79.9. The monoisotopic (exact) mass is 462 g/mol. The van der Waals surface area contributed by atoms with E-state index in [-0.39, 0.29) is 11.8 Å². The second-order valence-corrected chi connectivity index (χ2v) is 7.35. The molecule has 154 valence electrons. The number of carbonyl (C=O) groups is 2. The summed E-state index contributed by atoms with van der Waals surface area (Å²) in [4.78, 5) is 29.3. The second kappa shape index (κ2) is 9.17. The number of ether oxygens (including phenoxy) is 3. The van der Waals surface area contributed by atoms with Gasteiger partial charge in [-0.25, -0.2) is 0 Å². The summed E-state index contributed by atoms with van der Waals surface area (Å²) in [7, 11) is 4.65. The number of benzene rings is 2. The molecule has 2 amide bonds. The van der Waals surface area contributed by atoms with Gasteiger partial charge >= 0.3 is 0 Å². The van der Waals surface area contributed by atoms with E-state index in [4.69, 9.17) is 14.2 Å². The van der Waals surface area contributed by atoms with E-state index in [1.54, 1.807) is 60.4 Å². The highest BCUT2D eigenvalue weighted by Crippen LogP contribution is 2.27. The summed E-state index contributed by atoms with van der Waals surface area (Å²) < 4.78 is 16.5. The van der Waals surface area contributed by atoms with Crippen molar-refractivity contribution in [2.45, 2.75) is 0 Å². The third-order valence-corrected chi connectivity index (χ3v) is 5.59. The Kier molecular flexibility index (Phi) is 6.64. The predicted octanol–water partition coefficient (Wildman–Crippen LogP) is 3.07. The Bertz CT molecular complexity index is 910. The van der Waals surface area contributed by atoms with Gasteiger partial charge in [-0.15, -0.1) is 0 Å². The minimum absolute atomic E-state index is 0.0927. The maximum absolute atomic E-state index is 12.9. The molecule has 0 saturated carbocycles. The Morgan fingerprint density at radius 2 is 1.28 bits per heavy atom. The summed E-state index contributed by atoms with van der Waals surface area (Å²) >= 11 is 3.43. The Morgan fingerprint density at radius 1 is 0.759 bits per heavy atom. The summed E-state index contributed by atoms with van der Waals surface area (Å²) in [6.45, 7) is 1.79. The van der Waals surface area contributed by atoms with Gasteiger partial charge in [-0.2, -0.15) is 0 Å². The van der Waals surface area contributed by atoms with Gasteiger partial charge in [0.25, 0.3) is 11.8 Å². The molecule has 2 aromatic carbocycles. The molecule has 3 rings (SSSR count). The zero-order valence-electron chi connectivity index (χ0n) is 16.6. The van der Waals surface area contributed by atoms with Crippen LogP contribution in [0.15, 0.2) is 40.9 Å². The molecule has 29 heavy (non-hydrogen) atoms. The molecule has 0 bridgehead atoms. The quantitative estimate of drug-likeness (QED) is 0.682. The Balaban J connectivity index is 1.69. The van der Waals surface area contributed by atoms with Crippen LogP contribution in [-0.4, -0.2) is 69.1 Å². The van der Waals surface area contributed by atoms with E-state index in [2.05, 4.69) is 15.9 Å². The first-order chi connectivity index (χ1) is 14.0. The first-order valence-electron chi connectivity index (χ1n) is 9.12. The molecule has 1 aliphatic heterocycles. The highest BCUT2D eigenvalue weighted by Gasteiger charge is 2.28. The number of nitrogens with zero attached hydrogens (tertiary/aromatic N) is 2. The molecular formula is C21H23BrN2O5. The molecule has 8 heteroatoms. The van der Waals surface area contributed by atoms with E-state index in [0.29, 0.717) is 59.0 Å². The predicted molar refractivity (Wildman–Crippen MR) is 112 cm³/mol. The molecule has 1 heterocycles. The fourth-order valence-electron chi connectivity index (χ4n) is 3.22. The largest absolute Gasteiger partial charge is 0.497 e. The van der Waals surface area contributed by atoms with Gasteiger partial charge in [0.1, 0.15) is 17.2 Å². The second-order valence-electron chi connectivity index (χ2n) is 6.50. The minimum Gasteiger partial charge on any atom is -0.497 e. The Morgan fingerprint density at radius 3 is 1.83 bits per heavy atom. The van der Waals surface area contributed by atoms with Gasteiger partial charge in [0.2, 0.25) is 0 Å². The molecule has 0 atom stereocenters. The van der Waals surface area contributed by atoms with Gasteiger partial charge in [-0.3, -0.25) is 9.59 Å². The number of amides is 2. The fraction of sp³-hybridized carbons (Fsp3) is 0.333. The van der Waals surface area contributed by atoms with Crippen LogP contribution >= 0.6 is 15.9 Å². The first-order valence-corrected chi connectivity index (χ1v) is 9.92. The van der Waals surface area contributed by atoms with Crippen molar-refractivity contribution in [3.8, 4) is 17.2 Å². The molecular weight excluding hydrogens is 440 g/mol. The number of halogens is 1. The van der Waals surface area contributed by atoms with Crippen LogP contribution in [0.2, 0.25) is 0 Å². The van der Waals surface area contributed by atoms with Gasteiger partial charge in [0.15, 0.2) is 0 Å². The third kappa shape index (κ3) is 4.48. The van der Waals surface area contributed by atoms with Crippen LogP contribution in [0.1, 0.15) is 20.7 Å². The van der Waals surface area contributed by atoms with Gasteiger partial charge < -0.3 is 24.0 Å². The molecule has 0 aromatic heterocycles. The van der Waals surface area contributed by atoms with Crippen LogP contribution in [-0.2, 0) is 0 Å². The van der Waals surface area contributed by atoms with E-state index >= 15 is 0 Å². The van der Waals surface area contributed by atoms with Crippen LogP contribution in [0.25, 0.3) is 0 Å². The standard InChI is InChI=1S/C21H23BrN2O5/c1-27-14-5-7-18(22)17(12-14)21(26)24-10-8-23(9-11-24)20(25)16-6-4-15(28-2)13-19(16)29-3/h4-7,12-13H,8-11H2,1-3H3. The average Bonchev–Trinajstić information content (AvgIpc) is 2.78. The molecule has 0 spiro atoms. The van der Waals surface area contributed by atoms with Gasteiger partial charge in [-0.05, 0) is 46.3 Å². The number of carbonyl (C=O) groups excluding carboxylic acids is 2. The minimum atomic E-state index is -0.126. The number of hydrogen-bond donors (Lipinski definition) is 0. The van der Waals surface area contributed by atoms with Crippen molar-refractivity contribution in [3.63, 3.8) is 0 Å². The fourth-order valence-corrected chi connectivity index (χ4v) is 3.64. The first kappa shape index (κ1) is 21.0. The maximum Gasteiger partial charge on any atom is 0.257 e. The van der Waals surface area contributed by atoms with E-state index in [1.165, 1.54) is 7.11 Å². The van der Waals surface area contributed by atoms with Crippen LogP contribution in [0.4, 0.5) is 0 Å². The average molecular weight is 463 g/mol. The van der Waals surface area contributed by atoms with Gasteiger partial charge in [-0.1, -0.05) is 0 Å². The van der Waals surface area contributed by atoms with E-state index in [0.717, 1.165) is 0 Å². The van der Waals surface area contributed by atoms with Crippen molar-refractivity contribution in [2.75, 3.05) is 47.5 Å². The lowest BCUT2D eigenvalue weighted by Crippen LogP contribution is -2.50. The number of hydrogen-bond acceptors (Lipinski definition) is 5. The number of methoxy groups -OCH3 is 3. The van der Waals surface area contributed by atoms with Crippen LogP contribution in [0.5, 0.6) is 17.2 Å². The molecule has 7 nitrogen and oxygen atoms in total. The lowest BCUT2D eigenvalue weighted by molar-refractivity contribution is 0.0533. The van der Waals surface area contributed by atoms with Crippen molar-refractivity contribution >= 4 is 27.7 Å². The van der Waals surface area contributed by atoms with Crippen molar-refractivity contribution in [1.29, 1.82) is 0 Å². The van der Waals surface area contributed by atoms with E-state index in [9.17, 15) is 9.59 Å². The van der Waals surface area contributed by atoms with Crippen LogP contribution in [0.3, 0.4) is 0 Å². The van der Waals surface area contributed by atoms with Crippen LogP contribution in [0, 0.1) is 0 Å². The SMILES string of the molecule is COc1ccc(C(=O)N2CCN(C(=O)c3cc(OC)ccc3Br)CC2)c(OC)c1. The van der Waals surface area contributed by atoms with Gasteiger partial charge in [0, 0.05) is 36.7 Å². The Hall–Kier alpha value is -2.74. The molecule has 0 aliphatic carbocycles. The zero-order chi connectivity index (χ0) is 21.0. The Labute approximate surface area is 178 Å². The van der Waals surface area contributed by atoms with Crippen molar-refractivity contribution in [3.05, 3.63) is 52.0 Å².